The van der Waals surface area contributed by atoms with Crippen LogP contribution in [0.3, 0.4) is 0 Å². The summed E-state index contributed by atoms with van der Waals surface area (Å²) in [6, 6.07) is 22.7. The molecule has 0 heterocycles. The summed E-state index contributed by atoms with van der Waals surface area (Å²) in [5.74, 6) is -0.933. The Bertz CT molecular complexity index is 1270. The van der Waals surface area contributed by atoms with Crippen molar-refractivity contribution >= 4 is 39.1 Å². The van der Waals surface area contributed by atoms with E-state index in [0.29, 0.717) is 10.6 Å². The molecule has 0 aromatic heterocycles. The van der Waals surface area contributed by atoms with Crippen molar-refractivity contribution < 1.29 is 18.0 Å². The zero-order valence-electron chi connectivity index (χ0n) is 18.9. The van der Waals surface area contributed by atoms with Crippen molar-refractivity contribution in [2.75, 3.05) is 18.1 Å². The molecule has 0 spiro atoms. The maximum Gasteiger partial charge on any atom is 0.253 e. The van der Waals surface area contributed by atoms with Crippen molar-refractivity contribution in [3.63, 3.8) is 0 Å². The molecule has 178 valence electrons. The van der Waals surface area contributed by atoms with Crippen LogP contribution in [0.15, 0.2) is 78.9 Å². The molecular weight excluding hydrogens is 474 g/mol. The van der Waals surface area contributed by atoms with Gasteiger partial charge in [-0.05, 0) is 36.2 Å². The lowest BCUT2D eigenvalue weighted by atomic mass is 10.1. The number of benzene rings is 3. The third kappa shape index (κ3) is 6.90. The van der Waals surface area contributed by atoms with Crippen LogP contribution in [-0.4, -0.2) is 37.3 Å². The van der Waals surface area contributed by atoms with E-state index in [1.165, 1.54) is 0 Å². The van der Waals surface area contributed by atoms with E-state index in [0.717, 1.165) is 16.1 Å². The number of amides is 2. The van der Waals surface area contributed by atoms with Crippen LogP contribution in [0.4, 0.5) is 5.69 Å². The Labute approximate surface area is 204 Å². The number of nitrogens with one attached hydrogen (secondary N) is 2. The van der Waals surface area contributed by atoms with E-state index in [-0.39, 0.29) is 29.7 Å². The van der Waals surface area contributed by atoms with Gasteiger partial charge in [0.25, 0.3) is 5.91 Å². The molecule has 0 aliphatic rings. The standard InChI is InChI=1S/C25H26ClN3O4S/c1-18(19-10-4-3-5-11-19)27-25(31)21-13-7-9-15-23(21)28-24(30)17-29(34(2,32)33)16-20-12-6-8-14-22(20)26/h3-15,18H,16-17H2,1-2H3,(H,27,31)(H,28,30)/t18-/m1/s1. The molecule has 0 aliphatic heterocycles. The highest BCUT2D eigenvalue weighted by Gasteiger charge is 2.23. The molecule has 9 heteroatoms. The van der Waals surface area contributed by atoms with Crippen LogP contribution >= 0.6 is 11.6 Å². The van der Waals surface area contributed by atoms with E-state index in [2.05, 4.69) is 10.6 Å². The highest BCUT2D eigenvalue weighted by molar-refractivity contribution is 7.88. The van der Waals surface area contributed by atoms with Gasteiger partial charge in [0.15, 0.2) is 0 Å². The van der Waals surface area contributed by atoms with Crippen molar-refractivity contribution in [1.82, 2.24) is 9.62 Å². The number of halogens is 1. The SMILES string of the molecule is C[C@@H](NC(=O)c1ccccc1NC(=O)CN(Cc1ccccc1Cl)S(C)(=O)=O)c1ccccc1. The fourth-order valence-electron chi connectivity index (χ4n) is 3.35. The third-order valence-corrected chi connectivity index (χ3v) is 6.75. The van der Waals surface area contributed by atoms with Gasteiger partial charge in [0.2, 0.25) is 15.9 Å². The van der Waals surface area contributed by atoms with Crippen LogP contribution in [0.5, 0.6) is 0 Å². The number of carbonyl (C=O) groups excluding carboxylic acids is 2. The van der Waals surface area contributed by atoms with Crippen LogP contribution in [-0.2, 0) is 21.4 Å². The molecule has 0 fully saturated rings. The quantitative estimate of drug-likeness (QED) is 0.460. The molecule has 0 bridgehead atoms. The minimum Gasteiger partial charge on any atom is -0.345 e. The van der Waals surface area contributed by atoms with Gasteiger partial charge in [-0.2, -0.15) is 4.31 Å². The lowest BCUT2D eigenvalue weighted by Crippen LogP contribution is -2.37. The number of para-hydroxylation sites is 1. The maximum absolute atomic E-state index is 12.9. The van der Waals surface area contributed by atoms with Crippen LogP contribution in [0.2, 0.25) is 5.02 Å². The molecule has 3 aromatic carbocycles. The zero-order chi connectivity index (χ0) is 24.7. The molecule has 0 saturated carbocycles. The van der Waals surface area contributed by atoms with E-state index in [4.69, 9.17) is 11.6 Å². The Morgan fingerprint density at radius 3 is 2.24 bits per heavy atom. The van der Waals surface area contributed by atoms with Crippen molar-refractivity contribution in [2.24, 2.45) is 0 Å². The second-order valence-corrected chi connectivity index (χ2v) is 10.2. The lowest BCUT2D eigenvalue weighted by Gasteiger charge is -2.21. The largest absolute Gasteiger partial charge is 0.345 e. The maximum atomic E-state index is 12.9. The summed E-state index contributed by atoms with van der Waals surface area (Å²) in [5.41, 5.74) is 2.09. The highest BCUT2D eigenvalue weighted by atomic mass is 35.5. The van der Waals surface area contributed by atoms with Crippen LogP contribution in [0, 0.1) is 0 Å². The smallest absolute Gasteiger partial charge is 0.253 e. The van der Waals surface area contributed by atoms with Gasteiger partial charge in [-0.1, -0.05) is 72.3 Å². The van der Waals surface area contributed by atoms with Crippen molar-refractivity contribution in [1.29, 1.82) is 0 Å². The van der Waals surface area contributed by atoms with Crippen molar-refractivity contribution in [3.8, 4) is 0 Å². The first-order valence-corrected chi connectivity index (χ1v) is 12.8. The monoisotopic (exact) mass is 499 g/mol. The number of anilines is 1. The summed E-state index contributed by atoms with van der Waals surface area (Å²) in [5, 5.41) is 6.00. The summed E-state index contributed by atoms with van der Waals surface area (Å²) in [7, 11) is -3.71. The Kier molecular flexibility index (Phi) is 8.44. The molecular formula is C25H26ClN3O4S. The first-order chi connectivity index (χ1) is 16.1. The third-order valence-electron chi connectivity index (χ3n) is 5.19. The molecule has 34 heavy (non-hydrogen) atoms. The number of hydrogen-bond acceptors (Lipinski definition) is 4. The molecule has 2 amide bonds. The first kappa shape index (κ1) is 25.4. The second-order valence-electron chi connectivity index (χ2n) is 7.82. The molecule has 7 nitrogen and oxygen atoms in total. The molecule has 3 rings (SSSR count). The van der Waals surface area contributed by atoms with Gasteiger partial charge in [-0.25, -0.2) is 8.42 Å². The average molecular weight is 500 g/mol. The Hall–Kier alpha value is -3.20. The van der Waals surface area contributed by atoms with Gasteiger partial charge in [0.05, 0.1) is 30.1 Å². The van der Waals surface area contributed by atoms with E-state index in [1.54, 1.807) is 48.5 Å². The van der Waals surface area contributed by atoms with Gasteiger partial charge in [0, 0.05) is 11.6 Å². The highest BCUT2D eigenvalue weighted by Crippen LogP contribution is 2.20. The van der Waals surface area contributed by atoms with Crippen molar-refractivity contribution in [2.45, 2.75) is 19.5 Å². The number of carbonyl (C=O) groups is 2. The fraction of sp³-hybridized carbons (Fsp3) is 0.200. The first-order valence-electron chi connectivity index (χ1n) is 10.6. The Morgan fingerprint density at radius 1 is 0.941 bits per heavy atom. The Morgan fingerprint density at radius 2 is 1.56 bits per heavy atom. The topological polar surface area (TPSA) is 95.6 Å². The number of sulfonamides is 1. The summed E-state index contributed by atoms with van der Waals surface area (Å²) in [6.07, 6.45) is 1.03. The number of nitrogens with zero attached hydrogens (tertiary/aromatic N) is 1. The van der Waals surface area contributed by atoms with Crippen LogP contribution < -0.4 is 10.6 Å². The van der Waals surface area contributed by atoms with E-state index in [9.17, 15) is 18.0 Å². The normalized spacial score (nSPS) is 12.2. The lowest BCUT2D eigenvalue weighted by molar-refractivity contribution is -0.116. The molecule has 1 atom stereocenters. The molecule has 0 unspecified atom stereocenters. The molecule has 0 saturated heterocycles. The van der Waals surface area contributed by atoms with Gasteiger partial charge in [0.1, 0.15) is 0 Å². The number of hydrogen-bond donors (Lipinski definition) is 2. The van der Waals surface area contributed by atoms with Crippen LogP contribution in [0.25, 0.3) is 0 Å². The molecule has 3 aromatic rings. The van der Waals surface area contributed by atoms with Gasteiger partial charge in [-0.15, -0.1) is 0 Å². The minimum atomic E-state index is -3.71. The van der Waals surface area contributed by atoms with Crippen molar-refractivity contribution in [3.05, 3.63) is 101 Å². The predicted molar refractivity (Wildman–Crippen MR) is 134 cm³/mol. The zero-order valence-corrected chi connectivity index (χ0v) is 20.4. The van der Waals surface area contributed by atoms with Gasteiger partial charge >= 0.3 is 0 Å². The average Bonchev–Trinajstić information content (AvgIpc) is 2.80. The predicted octanol–water partition coefficient (Wildman–Crippen LogP) is 4.23. The molecule has 0 radical (unpaired) electrons. The van der Waals surface area contributed by atoms with E-state index in [1.807, 2.05) is 37.3 Å². The Balaban J connectivity index is 1.73. The second kappa shape index (κ2) is 11.3. The van der Waals surface area contributed by atoms with E-state index >= 15 is 0 Å². The van der Waals surface area contributed by atoms with Crippen LogP contribution in [0.1, 0.15) is 34.5 Å². The van der Waals surface area contributed by atoms with E-state index < -0.39 is 22.5 Å². The summed E-state index contributed by atoms with van der Waals surface area (Å²) >= 11 is 6.16. The minimum absolute atomic E-state index is 0.0529. The summed E-state index contributed by atoms with van der Waals surface area (Å²) in [4.78, 5) is 25.7. The summed E-state index contributed by atoms with van der Waals surface area (Å²) in [6.45, 7) is 1.39. The van der Waals surface area contributed by atoms with Gasteiger partial charge < -0.3 is 10.6 Å². The molecule has 0 aliphatic carbocycles. The fourth-order valence-corrected chi connectivity index (χ4v) is 4.27. The summed E-state index contributed by atoms with van der Waals surface area (Å²) < 4.78 is 25.6. The van der Waals surface area contributed by atoms with Gasteiger partial charge in [-0.3, -0.25) is 9.59 Å². The number of rotatable bonds is 9. The molecule has 2 N–H and O–H groups in total.